The summed E-state index contributed by atoms with van der Waals surface area (Å²) in [5.41, 5.74) is 0.819. The molecular weight excluding hydrogens is 953 g/mol. The summed E-state index contributed by atoms with van der Waals surface area (Å²) in [7, 11) is 0. The molecule has 0 radical (unpaired) electrons. The van der Waals surface area contributed by atoms with Gasteiger partial charge in [-0.1, -0.05) is 39.3 Å². The molecule has 0 aromatic heterocycles. The van der Waals surface area contributed by atoms with Crippen LogP contribution in [0.5, 0.6) is 0 Å². The summed E-state index contributed by atoms with van der Waals surface area (Å²) in [5.74, 6) is 0.172. The van der Waals surface area contributed by atoms with Gasteiger partial charge in [0.25, 0.3) is 0 Å². The highest BCUT2D eigenvalue weighted by atomic mass is 16.8. The summed E-state index contributed by atoms with van der Waals surface area (Å²) in [5, 5.41) is 137. The molecule has 72 heavy (non-hydrogen) atoms. The second-order valence-corrected chi connectivity index (χ2v) is 22.9. The molecule has 0 aromatic carbocycles. The Balaban J connectivity index is 0.854. The fraction of sp³-hybridized carbons (Fsp3) is 0.940. The minimum absolute atomic E-state index is 0.0652. The van der Waals surface area contributed by atoms with Crippen molar-refractivity contribution in [2.75, 3.05) is 26.4 Å². The first-order valence-electron chi connectivity index (χ1n) is 26.1. The van der Waals surface area contributed by atoms with Crippen molar-refractivity contribution < 1.29 is 109 Å². The normalized spacial score (nSPS) is 51.6. The lowest BCUT2D eigenvalue weighted by Crippen LogP contribution is -2.66. The van der Waals surface area contributed by atoms with E-state index >= 15 is 0 Å². The number of aliphatic hydroxyl groups excluding tert-OH is 13. The van der Waals surface area contributed by atoms with Gasteiger partial charge < -0.3 is 104 Å². The summed E-state index contributed by atoms with van der Waals surface area (Å²) in [6.45, 7) is 8.30. The van der Waals surface area contributed by atoms with Crippen LogP contribution in [0, 0.1) is 46.3 Å². The smallest absolute Gasteiger partial charge is 0.187 e. The van der Waals surface area contributed by atoms with Gasteiger partial charge in [0.2, 0.25) is 0 Å². The fourth-order valence-corrected chi connectivity index (χ4v) is 14.1. The number of carbonyl (C=O) groups excluding carboxylic acids is 1. The van der Waals surface area contributed by atoms with Gasteiger partial charge in [0.1, 0.15) is 91.2 Å². The maximum atomic E-state index is 13.9. The van der Waals surface area contributed by atoms with Crippen molar-refractivity contribution in [2.45, 2.75) is 221 Å². The van der Waals surface area contributed by atoms with Crippen LogP contribution in [0.4, 0.5) is 0 Å². The van der Waals surface area contributed by atoms with E-state index in [9.17, 15) is 71.2 Å². The van der Waals surface area contributed by atoms with Crippen molar-refractivity contribution in [3.8, 4) is 0 Å². The van der Waals surface area contributed by atoms with Crippen LogP contribution in [0.2, 0.25) is 0 Å². The topological polar surface area (TPSA) is 354 Å². The molecule has 22 heteroatoms. The molecule has 414 valence electrons. The zero-order valence-corrected chi connectivity index (χ0v) is 41.8. The van der Waals surface area contributed by atoms with Gasteiger partial charge >= 0.3 is 0 Å². The summed E-state index contributed by atoms with van der Waals surface area (Å²) in [6.07, 6.45) is -21.0. The van der Waals surface area contributed by atoms with Crippen molar-refractivity contribution in [3.05, 3.63) is 11.6 Å². The molecule has 3 saturated carbocycles. The molecule has 13 N–H and O–H groups in total. The predicted molar refractivity (Wildman–Crippen MR) is 245 cm³/mol. The first kappa shape index (κ1) is 56.8. The van der Waals surface area contributed by atoms with Crippen LogP contribution in [-0.2, 0) is 42.7 Å². The first-order valence-corrected chi connectivity index (χ1v) is 26.1. The van der Waals surface area contributed by atoms with Crippen LogP contribution in [-0.4, -0.2) is 228 Å². The first-order chi connectivity index (χ1) is 34.0. The van der Waals surface area contributed by atoms with E-state index in [-0.39, 0.29) is 53.3 Å². The van der Waals surface area contributed by atoms with Crippen molar-refractivity contribution in [2.24, 2.45) is 46.3 Å². The zero-order valence-electron chi connectivity index (χ0n) is 41.8. The monoisotopic (exact) mass is 1030 g/mol. The van der Waals surface area contributed by atoms with E-state index in [2.05, 4.69) is 19.9 Å². The molecule has 29 atom stereocenters. The quantitative estimate of drug-likeness (QED) is 0.0709. The minimum Gasteiger partial charge on any atom is -0.394 e. The number of Topliss-reactive ketones (excluding diaryl/α,β-unsaturated/α-hetero) is 1. The van der Waals surface area contributed by atoms with Gasteiger partial charge in [-0.2, -0.15) is 0 Å². The van der Waals surface area contributed by atoms with E-state index in [4.69, 9.17) is 37.9 Å². The van der Waals surface area contributed by atoms with E-state index in [1.54, 1.807) is 0 Å². The lowest BCUT2D eigenvalue weighted by Gasteiger charge is -2.58. The molecule has 0 aromatic rings. The molecule has 8 rings (SSSR count). The Hall–Kier alpha value is -1.43. The number of fused-ring (bicyclic) bond motifs is 5. The number of allylic oxidation sites excluding steroid dienone is 1. The molecule has 4 saturated heterocycles. The molecule has 29 unspecified atom stereocenters. The number of carbonyl (C=O) groups is 1. The Morgan fingerprint density at radius 2 is 1.35 bits per heavy atom. The van der Waals surface area contributed by atoms with Crippen LogP contribution in [0.15, 0.2) is 11.6 Å². The van der Waals surface area contributed by atoms with Gasteiger partial charge in [0.15, 0.2) is 25.2 Å². The van der Waals surface area contributed by atoms with Crippen LogP contribution >= 0.6 is 0 Å². The van der Waals surface area contributed by atoms with E-state index in [0.29, 0.717) is 37.5 Å². The molecular formula is C50H82O22. The third-order valence-corrected chi connectivity index (χ3v) is 18.5. The van der Waals surface area contributed by atoms with E-state index in [1.807, 2.05) is 13.8 Å². The predicted octanol–water partition coefficient (Wildman–Crippen LogP) is -2.53. The number of rotatable bonds is 16. The third kappa shape index (κ3) is 10.8. The van der Waals surface area contributed by atoms with Crippen LogP contribution in [0.25, 0.3) is 0 Å². The molecule has 7 fully saturated rings. The Kier molecular flexibility index (Phi) is 18.0. The second kappa shape index (κ2) is 22.9. The lowest BCUT2D eigenvalue weighted by molar-refractivity contribution is -0.382. The van der Waals surface area contributed by atoms with Gasteiger partial charge in [-0.05, 0) is 98.7 Å². The molecule has 4 aliphatic heterocycles. The molecule has 22 nitrogen and oxygen atoms in total. The number of hydrogen-bond donors (Lipinski definition) is 13. The van der Waals surface area contributed by atoms with Gasteiger partial charge in [0, 0.05) is 12.3 Å². The lowest BCUT2D eigenvalue weighted by atomic mass is 9.47. The van der Waals surface area contributed by atoms with Crippen LogP contribution in [0.3, 0.4) is 0 Å². The fourth-order valence-electron chi connectivity index (χ4n) is 14.1. The van der Waals surface area contributed by atoms with Crippen LogP contribution in [0.1, 0.15) is 92.4 Å². The Morgan fingerprint density at radius 1 is 0.694 bits per heavy atom. The second-order valence-electron chi connectivity index (χ2n) is 22.9. The largest absolute Gasteiger partial charge is 0.394 e. The Bertz CT molecular complexity index is 1840. The van der Waals surface area contributed by atoms with E-state index < -0.39 is 149 Å². The van der Waals surface area contributed by atoms with Crippen molar-refractivity contribution >= 4 is 5.78 Å². The van der Waals surface area contributed by atoms with Gasteiger partial charge in [-0.25, -0.2) is 0 Å². The summed E-state index contributed by atoms with van der Waals surface area (Å²) < 4.78 is 46.6. The van der Waals surface area contributed by atoms with E-state index in [1.165, 1.54) is 12.5 Å². The SMILES string of the molecule is CC(CCC(=O)C(C)C1C(O)CC2C3CC=C4CC(OC5OC(CO)C(OC6OC(C)C(O)C(O)C6OC6OCC(O)C(O)C6O)C(O)C5O)CCC4(C)C3CCC21C)COC1OC(CO)C(O)C(O)C1O. The highest BCUT2D eigenvalue weighted by Crippen LogP contribution is 2.67. The van der Waals surface area contributed by atoms with Gasteiger partial charge in [-0.3, -0.25) is 4.79 Å². The number of hydrogen-bond acceptors (Lipinski definition) is 22. The number of aliphatic hydroxyl groups is 13. The summed E-state index contributed by atoms with van der Waals surface area (Å²) in [6, 6.07) is 0. The molecule has 0 amide bonds. The average Bonchev–Trinajstić information content (AvgIpc) is 3.63. The molecule has 0 spiro atoms. The Morgan fingerprint density at radius 3 is 2.06 bits per heavy atom. The maximum Gasteiger partial charge on any atom is 0.187 e. The van der Waals surface area contributed by atoms with Crippen molar-refractivity contribution in [3.63, 3.8) is 0 Å². The molecule has 4 heterocycles. The minimum atomic E-state index is -1.75. The van der Waals surface area contributed by atoms with Gasteiger partial charge in [-0.15, -0.1) is 0 Å². The van der Waals surface area contributed by atoms with E-state index in [0.717, 1.165) is 25.7 Å². The number of ketones is 1. The van der Waals surface area contributed by atoms with Crippen LogP contribution < -0.4 is 0 Å². The van der Waals surface area contributed by atoms with Gasteiger partial charge in [0.05, 0.1) is 44.7 Å². The molecule has 0 bridgehead atoms. The van der Waals surface area contributed by atoms with Crippen molar-refractivity contribution in [1.29, 1.82) is 0 Å². The zero-order chi connectivity index (χ0) is 52.3. The number of ether oxygens (including phenoxy) is 8. The average molecular weight is 1040 g/mol. The summed E-state index contributed by atoms with van der Waals surface area (Å²) in [4.78, 5) is 13.9. The molecule has 4 aliphatic carbocycles. The third-order valence-electron chi connectivity index (χ3n) is 18.5. The van der Waals surface area contributed by atoms with Crippen molar-refractivity contribution in [1.82, 2.24) is 0 Å². The summed E-state index contributed by atoms with van der Waals surface area (Å²) >= 11 is 0. The standard InChI is InChI=1S/C50H82O22/c1-20(18-65-45-41(63)37(59)36(58)31(16-51)69-45)6-9-28(53)21(2)33-29(54)15-27-25-8-7-23-14-24(10-12-49(23,4)26(25)11-13-50(27,33)5)68-47-42(64)39(61)43(32(17-52)70-47)71-48-44(38(60)34(56)22(3)67-48)72-46-40(62)35(57)30(55)19-66-46/h7,20-22,24-27,29-48,51-52,54-64H,6,8-19H2,1-5H3. The molecule has 8 aliphatic rings. The Labute approximate surface area is 419 Å². The highest BCUT2D eigenvalue weighted by molar-refractivity contribution is 5.81. The maximum absolute atomic E-state index is 13.9. The highest BCUT2D eigenvalue weighted by Gasteiger charge is 2.63.